The van der Waals surface area contributed by atoms with E-state index in [1.807, 2.05) is 64.4 Å². The third-order valence-corrected chi connectivity index (χ3v) is 6.22. The smallest absolute Gasteiger partial charge is 0.229 e. The molecular formula is C27H28N6O4. The second-order valence-corrected chi connectivity index (χ2v) is 8.76. The van der Waals surface area contributed by atoms with Gasteiger partial charge in [0.1, 0.15) is 18.2 Å². The number of carbonyl (C=O) groups is 1. The lowest BCUT2D eigenvalue weighted by atomic mass is 10.0. The topological polar surface area (TPSA) is 128 Å². The highest BCUT2D eigenvalue weighted by atomic mass is 16.3. The molecule has 0 spiro atoms. The highest BCUT2D eigenvalue weighted by molar-refractivity contribution is 5.68. The lowest BCUT2D eigenvalue weighted by molar-refractivity contribution is -0.115. The summed E-state index contributed by atoms with van der Waals surface area (Å²) in [6.07, 6.45) is 3.20. The van der Waals surface area contributed by atoms with Gasteiger partial charge in [0, 0.05) is 55.1 Å². The summed E-state index contributed by atoms with van der Waals surface area (Å²) in [6, 6.07) is 17.5. The minimum Gasteiger partial charge on any atom is -0.444 e. The number of aliphatic hydroxyl groups is 2. The fourth-order valence-electron chi connectivity index (χ4n) is 4.47. The maximum Gasteiger partial charge on any atom is 0.229 e. The Labute approximate surface area is 214 Å². The van der Waals surface area contributed by atoms with Crippen LogP contribution in [0.3, 0.4) is 0 Å². The number of oxazole rings is 1. The van der Waals surface area contributed by atoms with Crippen LogP contribution in [0, 0.1) is 0 Å². The predicted molar refractivity (Wildman–Crippen MR) is 139 cm³/mol. The van der Waals surface area contributed by atoms with Gasteiger partial charge in [-0.1, -0.05) is 18.2 Å². The Morgan fingerprint density at radius 3 is 2.65 bits per heavy atom. The Bertz CT molecular complexity index is 1310. The van der Waals surface area contributed by atoms with E-state index >= 15 is 0 Å². The summed E-state index contributed by atoms with van der Waals surface area (Å²) in [5.74, 6) is 1.81. The zero-order valence-electron chi connectivity index (χ0n) is 20.2. The number of benzene rings is 2. The van der Waals surface area contributed by atoms with Gasteiger partial charge in [0.15, 0.2) is 12.2 Å². The molecule has 0 bridgehead atoms. The monoisotopic (exact) mass is 500 g/mol. The van der Waals surface area contributed by atoms with Crippen LogP contribution in [-0.2, 0) is 17.8 Å². The molecule has 10 heteroatoms. The van der Waals surface area contributed by atoms with E-state index in [2.05, 4.69) is 10.3 Å². The highest BCUT2D eigenvalue weighted by Gasteiger charge is 2.27. The molecule has 2 aromatic heterocycles. The SMILES string of the molecule is O=C[C@@H](O)CN1CCc2nc(Nc3ccc(-c4cnco4)cc3)nc(N(CCO)c3ccccc3)c2C1. The number of hydrogen-bond donors (Lipinski definition) is 3. The van der Waals surface area contributed by atoms with Gasteiger partial charge in [-0.3, -0.25) is 4.90 Å². The van der Waals surface area contributed by atoms with Crippen LogP contribution in [0.25, 0.3) is 11.3 Å². The van der Waals surface area contributed by atoms with Crippen molar-refractivity contribution in [1.29, 1.82) is 0 Å². The van der Waals surface area contributed by atoms with Crippen molar-refractivity contribution in [2.75, 3.05) is 36.5 Å². The molecule has 37 heavy (non-hydrogen) atoms. The molecule has 0 saturated heterocycles. The molecule has 190 valence electrons. The summed E-state index contributed by atoms with van der Waals surface area (Å²) in [4.78, 5) is 28.7. The first kappa shape index (κ1) is 24.6. The Hall–Kier alpha value is -4.12. The van der Waals surface area contributed by atoms with Crippen LogP contribution in [0.5, 0.6) is 0 Å². The van der Waals surface area contributed by atoms with E-state index in [9.17, 15) is 15.0 Å². The molecular weight excluding hydrogens is 472 g/mol. The molecule has 4 aromatic rings. The largest absolute Gasteiger partial charge is 0.444 e. The molecule has 3 N–H and O–H groups in total. The standard InChI is InChI=1S/C27H28N6O4/c34-13-12-33(21-4-2-1-3-5-21)26-23-16-32(15-22(36)17-35)11-10-24(23)30-27(31-26)29-20-8-6-19(7-9-20)25-14-28-18-37-25/h1-9,14,17-18,22,34,36H,10-13,15-16H2,(H,29,30,31)/t22-/m0/s1. The molecule has 0 unspecified atom stereocenters. The van der Waals surface area contributed by atoms with Gasteiger partial charge in [-0.05, 0) is 36.4 Å². The number of aromatic nitrogens is 3. The van der Waals surface area contributed by atoms with Crippen LogP contribution in [0.2, 0.25) is 0 Å². The van der Waals surface area contributed by atoms with Gasteiger partial charge >= 0.3 is 0 Å². The van der Waals surface area contributed by atoms with Crippen LogP contribution in [-0.4, -0.2) is 68.7 Å². The van der Waals surface area contributed by atoms with Gasteiger partial charge in [-0.2, -0.15) is 4.98 Å². The van der Waals surface area contributed by atoms with E-state index in [0.717, 1.165) is 28.2 Å². The Balaban J connectivity index is 1.50. The quantitative estimate of drug-likeness (QED) is 0.280. The average molecular weight is 501 g/mol. The molecule has 1 aliphatic rings. The van der Waals surface area contributed by atoms with Crippen molar-refractivity contribution in [1.82, 2.24) is 19.9 Å². The van der Waals surface area contributed by atoms with Crippen molar-refractivity contribution >= 4 is 29.4 Å². The maximum absolute atomic E-state index is 11.0. The molecule has 5 rings (SSSR count). The van der Waals surface area contributed by atoms with E-state index in [4.69, 9.17) is 14.4 Å². The van der Waals surface area contributed by atoms with E-state index < -0.39 is 6.10 Å². The molecule has 1 atom stereocenters. The first-order chi connectivity index (χ1) is 18.1. The predicted octanol–water partition coefficient (Wildman–Crippen LogP) is 2.92. The second kappa shape index (κ2) is 11.3. The molecule has 0 fully saturated rings. The molecule has 0 radical (unpaired) electrons. The van der Waals surface area contributed by atoms with Gasteiger partial charge in [-0.15, -0.1) is 0 Å². The van der Waals surface area contributed by atoms with E-state index in [0.29, 0.717) is 49.9 Å². The second-order valence-electron chi connectivity index (χ2n) is 8.76. The number of nitrogens with one attached hydrogen (secondary N) is 1. The van der Waals surface area contributed by atoms with Gasteiger partial charge in [0.05, 0.1) is 18.5 Å². The van der Waals surface area contributed by atoms with Gasteiger partial charge in [0.25, 0.3) is 0 Å². The minimum atomic E-state index is -1.05. The third-order valence-electron chi connectivity index (χ3n) is 6.22. The Kier molecular flexibility index (Phi) is 7.50. The van der Waals surface area contributed by atoms with Gasteiger partial charge in [-0.25, -0.2) is 9.97 Å². The zero-order chi connectivity index (χ0) is 25.6. The summed E-state index contributed by atoms with van der Waals surface area (Å²) in [7, 11) is 0. The molecule has 3 heterocycles. The minimum absolute atomic E-state index is 0.0624. The van der Waals surface area contributed by atoms with Crippen molar-refractivity contribution in [3.63, 3.8) is 0 Å². The Morgan fingerprint density at radius 2 is 1.95 bits per heavy atom. The maximum atomic E-state index is 11.0. The summed E-state index contributed by atoms with van der Waals surface area (Å²) < 4.78 is 5.37. The number of nitrogens with zero attached hydrogens (tertiary/aromatic N) is 5. The van der Waals surface area contributed by atoms with E-state index in [-0.39, 0.29) is 13.2 Å². The van der Waals surface area contributed by atoms with E-state index in [1.54, 1.807) is 6.20 Å². The summed E-state index contributed by atoms with van der Waals surface area (Å²) >= 11 is 0. The van der Waals surface area contributed by atoms with Gasteiger partial charge in [0.2, 0.25) is 5.95 Å². The summed E-state index contributed by atoms with van der Waals surface area (Å²) in [5.41, 5.74) is 4.42. The van der Waals surface area contributed by atoms with Crippen molar-refractivity contribution in [3.8, 4) is 11.3 Å². The van der Waals surface area contributed by atoms with Gasteiger partial charge < -0.3 is 29.6 Å². The molecule has 0 aliphatic carbocycles. The highest BCUT2D eigenvalue weighted by Crippen LogP contribution is 2.33. The summed E-state index contributed by atoms with van der Waals surface area (Å²) in [5, 5.41) is 23.1. The zero-order valence-corrected chi connectivity index (χ0v) is 20.2. The number of fused-ring (bicyclic) bond motifs is 1. The first-order valence-electron chi connectivity index (χ1n) is 12.1. The molecule has 0 amide bonds. The lowest BCUT2D eigenvalue weighted by Crippen LogP contribution is -2.39. The number of carbonyl (C=O) groups excluding carboxylic acids is 1. The van der Waals surface area contributed by atoms with Crippen LogP contribution in [0.15, 0.2) is 71.6 Å². The van der Waals surface area contributed by atoms with Crippen molar-refractivity contribution in [2.45, 2.75) is 19.1 Å². The van der Waals surface area contributed by atoms with E-state index in [1.165, 1.54) is 6.39 Å². The van der Waals surface area contributed by atoms with Crippen molar-refractivity contribution in [3.05, 3.63) is 78.4 Å². The summed E-state index contributed by atoms with van der Waals surface area (Å²) in [6.45, 7) is 1.66. The number of hydrogen-bond acceptors (Lipinski definition) is 10. The first-order valence-corrected chi connectivity index (χ1v) is 12.1. The molecule has 2 aromatic carbocycles. The van der Waals surface area contributed by atoms with Crippen LogP contribution in [0.4, 0.5) is 23.1 Å². The van der Waals surface area contributed by atoms with Crippen molar-refractivity contribution < 1.29 is 19.4 Å². The fourth-order valence-corrected chi connectivity index (χ4v) is 4.47. The third kappa shape index (κ3) is 5.67. The number of aldehydes is 1. The number of para-hydroxylation sites is 1. The molecule has 0 saturated carbocycles. The Morgan fingerprint density at radius 1 is 1.14 bits per heavy atom. The molecule has 1 aliphatic heterocycles. The fraction of sp³-hybridized carbons (Fsp3) is 0.259. The van der Waals surface area contributed by atoms with Crippen molar-refractivity contribution in [2.24, 2.45) is 0 Å². The molecule has 10 nitrogen and oxygen atoms in total. The number of anilines is 4. The number of rotatable bonds is 10. The van der Waals surface area contributed by atoms with Crippen LogP contribution < -0.4 is 10.2 Å². The normalized spacial score (nSPS) is 14.1. The number of aliphatic hydroxyl groups excluding tert-OH is 2. The van der Waals surface area contributed by atoms with Crippen LogP contribution in [0.1, 0.15) is 11.3 Å². The number of β-amino-alcohol motifs (C(OH)–C–C–N with tert-alkyl or cyclic N) is 1. The average Bonchev–Trinajstić information content (AvgIpc) is 3.48. The lowest BCUT2D eigenvalue weighted by Gasteiger charge is -2.33. The van der Waals surface area contributed by atoms with Crippen LogP contribution >= 0.6 is 0 Å².